The molecule has 1 N–H and O–H groups in total. The molecular formula is C14H20O3. The van der Waals surface area contributed by atoms with Gasteiger partial charge in [0, 0.05) is 6.42 Å². The van der Waals surface area contributed by atoms with Crippen molar-refractivity contribution in [1.29, 1.82) is 0 Å². The summed E-state index contributed by atoms with van der Waals surface area (Å²) < 4.78 is 4.56. The van der Waals surface area contributed by atoms with Crippen LogP contribution in [0.4, 0.5) is 0 Å². The summed E-state index contributed by atoms with van der Waals surface area (Å²) in [6, 6.07) is 9.65. The monoisotopic (exact) mass is 236 g/mol. The van der Waals surface area contributed by atoms with Gasteiger partial charge in [-0.25, -0.2) is 0 Å². The van der Waals surface area contributed by atoms with Crippen molar-refractivity contribution in [3.05, 3.63) is 35.9 Å². The molecule has 0 saturated carbocycles. The maximum Gasteiger partial charge on any atom is 0.305 e. The second kappa shape index (κ2) is 7.85. The number of esters is 1. The quantitative estimate of drug-likeness (QED) is 0.585. The minimum atomic E-state index is -0.394. The second-order valence-corrected chi connectivity index (χ2v) is 4.10. The molecule has 0 saturated heterocycles. The summed E-state index contributed by atoms with van der Waals surface area (Å²) in [5.41, 5.74) is 0.959. The lowest BCUT2D eigenvalue weighted by atomic mass is 10.0. The molecule has 0 heterocycles. The third kappa shape index (κ3) is 5.50. The lowest BCUT2D eigenvalue weighted by Gasteiger charge is -2.10. The number of methoxy groups -OCH3 is 1. The lowest BCUT2D eigenvalue weighted by molar-refractivity contribution is -0.140. The first-order chi connectivity index (χ1) is 8.24. The molecule has 0 aliphatic heterocycles. The number of unbranched alkanes of at least 4 members (excludes halogenated alkanes) is 2. The first-order valence-corrected chi connectivity index (χ1v) is 6.04. The minimum Gasteiger partial charge on any atom is -0.469 e. The predicted molar refractivity (Wildman–Crippen MR) is 66.5 cm³/mol. The molecule has 0 unspecified atom stereocenters. The van der Waals surface area contributed by atoms with Crippen LogP contribution in [0, 0.1) is 0 Å². The molecule has 3 nitrogen and oxygen atoms in total. The van der Waals surface area contributed by atoms with E-state index in [1.807, 2.05) is 30.3 Å². The summed E-state index contributed by atoms with van der Waals surface area (Å²) in [6.45, 7) is 0. The molecule has 94 valence electrons. The van der Waals surface area contributed by atoms with Crippen LogP contribution in [-0.2, 0) is 9.53 Å². The number of aliphatic hydroxyl groups excluding tert-OH is 1. The average Bonchev–Trinajstić information content (AvgIpc) is 2.38. The maximum atomic E-state index is 10.9. The van der Waals surface area contributed by atoms with E-state index >= 15 is 0 Å². The van der Waals surface area contributed by atoms with Gasteiger partial charge in [0.2, 0.25) is 0 Å². The van der Waals surface area contributed by atoms with Crippen LogP contribution >= 0.6 is 0 Å². The van der Waals surface area contributed by atoms with Gasteiger partial charge in [-0.3, -0.25) is 4.79 Å². The number of carbonyl (C=O) groups is 1. The van der Waals surface area contributed by atoms with Crippen LogP contribution in [0.3, 0.4) is 0 Å². The third-order valence-electron chi connectivity index (χ3n) is 2.77. The van der Waals surface area contributed by atoms with Crippen molar-refractivity contribution in [3.8, 4) is 0 Å². The molecule has 0 spiro atoms. The molecule has 1 rings (SSSR count). The Bertz CT molecular complexity index is 321. The SMILES string of the molecule is COC(=O)CCCCC[C@@H](O)c1ccccc1. The third-order valence-corrected chi connectivity index (χ3v) is 2.77. The Morgan fingerprint density at radius 1 is 1.24 bits per heavy atom. The molecule has 17 heavy (non-hydrogen) atoms. The zero-order valence-corrected chi connectivity index (χ0v) is 10.3. The Morgan fingerprint density at radius 2 is 1.94 bits per heavy atom. The van der Waals surface area contributed by atoms with Crippen molar-refractivity contribution in [2.45, 2.75) is 38.2 Å². The highest BCUT2D eigenvalue weighted by Gasteiger charge is 2.06. The molecule has 1 atom stereocenters. The van der Waals surface area contributed by atoms with Gasteiger partial charge in [-0.2, -0.15) is 0 Å². The maximum absolute atomic E-state index is 10.9. The number of aliphatic hydroxyl groups is 1. The molecular weight excluding hydrogens is 216 g/mol. The van der Waals surface area contributed by atoms with E-state index in [4.69, 9.17) is 0 Å². The molecule has 0 aliphatic rings. The molecule has 1 aromatic rings. The normalized spacial score (nSPS) is 12.1. The standard InChI is InChI=1S/C14H20O3/c1-17-14(16)11-7-3-6-10-13(15)12-8-4-2-5-9-12/h2,4-5,8-9,13,15H,3,6-7,10-11H2,1H3/t13-/m1/s1. The average molecular weight is 236 g/mol. The topological polar surface area (TPSA) is 46.5 Å². The van der Waals surface area contributed by atoms with Gasteiger partial charge >= 0.3 is 5.97 Å². The van der Waals surface area contributed by atoms with Gasteiger partial charge in [-0.15, -0.1) is 0 Å². The Morgan fingerprint density at radius 3 is 2.59 bits per heavy atom. The number of ether oxygens (including phenoxy) is 1. The van der Waals surface area contributed by atoms with Gasteiger partial charge in [-0.1, -0.05) is 43.2 Å². The zero-order chi connectivity index (χ0) is 12.5. The van der Waals surface area contributed by atoms with Crippen LogP contribution in [0.1, 0.15) is 43.8 Å². The van der Waals surface area contributed by atoms with E-state index in [0.717, 1.165) is 31.2 Å². The van der Waals surface area contributed by atoms with Gasteiger partial charge < -0.3 is 9.84 Å². The lowest BCUT2D eigenvalue weighted by Crippen LogP contribution is -2.00. The van der Waals surface area contributed by atoms with Gasteiger partial charge in [0.05, 0.1) is 13.2 Å². The molecule has 0 bridgehead atoms. The van der Waals surface area contributed by atoms with E-state index in [1.165, 1.54) is 7.11 Å². The molecule has 0 fully saturated rings. The summed E-state index contributed by atoms with van der Waals surface area (Å²) >= 11 is 0. The van der Waals surface area contributed by atoms with Crippen LogP contribution in [0.5, 0.6) is 0 Å². The van der Waals surface area contributed by atoms with E-state index in [0.29, 0.717) is 6.42 Å². The smallest absolute Gasteiger partial charge is 0.305 e. The molecule has 0 aromatic heterocycles. The van der Waals surface area contributed by atoms with Crippen molar-refractivity contribution < 1.29 is 14.6 Å². The summed E-state index contributed by atoms with van der Waals surface area (Å²) in [6.07, 6.45) is 3.51. The Labute approximate surface area is 102 Å². The van der Waals surface area contributed by atoms with Crippen LogP contribution in [0.25, 0.3) is 0 Å². The highest BCUT2D eigenvalue weighted by Crippen LogP contribution is 2.19. The fourth-order valence-corrected chi connectivity index (χ4v) is 1.73. The predicted octanol–water partition coefficient (Wildman–Crippen LogP) is 2.84. The van der Waals surface area contributed by atoms with Crippen LogP contribution < -0.4 is 0 Å². The Balaban J connectivity index is 2.13. The Kier molecular flexibility index (Phi) is 6.33. The zero-order valence-electron chi connectivity index (χ0n) is 10.3. The molecule has 0 radical (unpaired) electrons. The van der Waals surface area contributed by atoms with Crippen molar-refractivity contribution in [2.75, 3.05) is 7.11 Å². The first kappa shape index (κ1) is 13.7. The van der Waals surface area contributed by atoms with Gasteiger partial charge in [-0.05, 0) is 18.4 Å². The van der Waals surface area contributed by atoms with Gasteiger partial charge in [0.25, 0.3) is 0 Å². The number of carbonyl (C=O) groups excluding carboxylic acids is 1. The van der Waals surface area contributed by atoms with Crippen molar-refractivity contribution in [1.82, 2.24) is 0 Å². The molecule has 3 heteroatoms. The number of hydrogen-bond donors (Lipinski definition) is 1. The molecule has 1 aromatic carbocycles. The van der Waals surface area contributed by atoms with Crippen molar-refractivity contribution >= 4 is 5.97 Å². The first-order valence-electron chi connectivity index (χ1n) is 6.04. The summed E-state index contributed by atoms with van der Waals surface area (Å²) in [4.78, 5) is 10.9. The molecule has 0 aliphatic carbocycles. The van der Waals surface area contributed by atoms with E-state index < -0.39 is 6.10 Å². The number of hydrogen-bond acceptors (Lipinski definition) is 3. The van der Waals surface area contributed by atoms with Crippen LogP contribution in [0.2, 0.25) is 0 Å². The number of benzene rings is 1. The molecule has 0 amide bonds. The van der Waals surface area contributed by atoms with E-state index in [-0.39, 0.29) is 5.97 Å². The van der Waals surface area contributed by atoms with Crippen molar-refractivity contribution in [3.63, 3.8) is 0 Å². The van der Waals surface area contributed by atoms with E-state index in [2.05, 4.69) is 4.74 Å². The van der Waals surface area contributed by atoms with Crippen LogP contribution in [-0.4, -0.2) is 18.2 Å². The van der Waals surface area contributed by atoms with Gasteiger partial charge in [0.15, 0.2) is 0 Å². The highest BCUT2D eigenvalue weighted by atomic mass is 16.5. The van der Waals surface area contributed by atoms with E-state index in [1.54, 1.807) is 0 Å². The van der Waals surface area contributed by atoms with E-state index in [9.17, 15) is 9.90 Å². The fraction of sp³-hybridized carbons (Fsp3) is 0.500. The largest absolute Gasteiger partial charge is 0.469 e. The number of rotatable bonds is 7. The van der Waals surface area contributed by atoms with Crippen molar-refractivity contribution in [2.24, 2.45) is 0 Å². The summed E-state index contributed by atoms with van der Waals surface area (Å²) in [5, 5.41) is 9.88. The van der Waals surface area contributed by atoms with Crippen LogP contribution in [0.15, 0.2) is 30.3 Å². The Hall–Kier alpha value is -1.35. The fourth-order valence-electron chi connectivity index (χ4n) is 1.73. The summed E-state index contributed by atoms with van der Waals surface area (Å²) in [7, 11) is 1.40. The second-order valence-electron chi connectivity index (χ2n) is 4.10. The van der Waals surface area contributed by atoms with Gasteiger partial charge in [0.1, 0.15) is 0 Å². The summed E-state index contributed by atoms with van der Waals surface area (Å²) in [5.74, 6) is -0.159. The highest BCUT2D eigenvalue weighted by molar-refractivity contribution is 5.68. The minimum absolute atomic E-state index is 0.159.